The average Bonchev–Trinajstić information content (AvgIpc) is 2.94. The lowest BCUT2D eigenvalue weighted by Crippen LogP contribution is -2.44. The Hall–Kier alpha value is -2.16. The minimum absolute atomic E-state index is 0.195. The van der Waals surface area contributed by atoms with Gasteiger partial charge in [0.1, 0.15) is 25.4 Å². The van der Waals surface area contributed by atoms with Crippen molar-refractivity contribution in [3.05, 3.63) is 0 Å². The number of hydrogen-bond donors (Lipinski definition) is 0. The number of esters is 4. The van der Waals surface area contributed by atoms with E-state index in [1.165, 1.54) is 6.92 Å². The van der Waals surface area contributed by atoms with Gasteiger partial charge in [0, 0.05) is 6.92 Å². The van der Waals surface area contributed by atoms with E-state index in [0.29, 0.717) is 0 Å². The van der Waals surface area contributed by atoms with Crippen molar-refractivity contribution in [2.24, 2.45) is 17.8 Å². The molecule has 1 saturated heterocycles. The third kappa shape index (κ3) is 7.64. The van der Waals surface area contributed by atoms with Crippen LogP contribution in [-0.2, 0) is 42.9 Å². The highest BCUT2D eigenvalue weighted by Gasteiger charge is 2.50. The van der Waals surface area contributed by atoms with Gasteiger partial charge in [0.05, 0.1) is 17.8 Å². The van der Waals surface area contributed by atoms with E-state index in [4.69, 9.17) is 23.7 Å². The molecule has 1 aliphatic rings. The summed E-state index contributed by atoms with van der Waals surface area (Å²) in [6.45, 7) is 10.9. The first kappa shape index (κ1) is 24.9. The lowest BCUT2D eigenvalue weighted by molar-refractivity contribution is -0.173. The van der Waals surface area contributed by atoms with Crippen LogP contribution in [0.2, 0.25) is 0 Å². The zero-order valence-corrected chi connectivity index (χ0v) is 18.1. The summed E-state index contributed by atoms with van der Waals surface area (Å²) in [5.74, 6) is -3.21. The SMILES string of the molecule is CC(=O)OC[C@H]1O[C@H](COC(=O)C(C)C)[C@@H](OC(=O)C(C)C)[C@@H]1OC(=O)C(C)C. The molecule has 1 aliphatic heterocycles. The first-order valence-corrected chi connectivity index (χ1v) is 9.80. The van der Waals surface area contributed by atoms with E-state index in [2.05, 4.69) is 0 Å². The molecule has 9 nitrogen and oxygen atoms in total. The molecule has 0 spiro atoms. The lowest BCUT2D eigenvalue weighted by atomic mass is 10.1. The summed E-state index contributed by atoms with van der Waals surface area (Å²) in [5, 5.41) is 0. The maximum atomic E-state index is 12.2. The van der Waals surface area contributed by atoms with Gasteiger partial charge in [-0.3, -0.25) is 19.2 Å². The molecule has 1 rings (SSSR count). The number of ether oxygens (including phenoxy) is 5. The summed E-state index contributed by atoms with van der Waals surface area (Å²) in [5.41, 5.74) is 0. The van der Waals surface area contributed by atoms with E-state index in [9.17, 15) is 19.2 Å². The molecule has 0 amide bonds. The maximum absolute atomic E-state index is 12.2. The van der Waals surface area contributed by atoms with E-state index in [1.54, 1.807) is 41.5 Å². The Kier molecular flexibility index (Phi) is 9.55. The molecular weight excluding hydrogens is 384 g/mol. The molecule has 29 heavy (non-hydrogen) atoms. The zero-order valence-electron chi connectivity index (χ0n) is 18.1. The fraction of sp³-hybridized carbons (Fsp3) is 0.800. The standard InChI is InChI=1S/C20H32O9/c1-10(2)18(22)26-9-15-17(29-20(24)12(5)6)16(28-19(23)11(3)4)14(27-15)8-25-13(7)21/h10-12,14-17H,8-9H2,1-7H3/t14-,15-,16-,17-/m1/s1. The number of carbonyl (C=O) groups is 4. The summed E-state index contributed by atoms with van der Waals surface area (Å²) < 4.78 is 27.1. The Bertz CT molecular complexity index is 597. The molecule has 0 aliphatic carbocycles. The Morgan fingerprint density at radius 3 is 1.41 bits per heavy atom. The van der Waals surface area contributed by atoms with E-state index in [0.717, 1.165) is 0 Å². The zero-order chi connectivity index (χ0) is 22.3. The molecule has 0 aromatic carbocycles. The van der Waals surface area contributed by atoms with E-state index in [1.807, 2.05) is 0 Å². The van der Waals surface area contributed by atoms with Crippen LogP contribution in [-0.4, -0.2) is 61.5 Å². The Morgan fingerprint density at radius 2 is 1.07 bits per heavy atom. The van der Waals surface area contributed by atoms with Crippen LogP contribution >= 0.6 is 0 Å². The van der Waals surface area contributed by atoms with Gasteiger partial charge in [-0.2, -0.15) is 0 Å². The quantitative estimate of drug-likeness (QED) is 0.409. The monoisotopic (exact) mass is 416 g/mol. The second-order valence-electron chi connectivity index (χ2n) is 7.91. The van der Waals surface area contributed by atoms with Gasteiger partial charge < -0.3 is 23.7 Å². The Morgan fingerprint density at radius 1 is 0.690 bits per heavy atom. The minimum atomic E-state index is -1.01. The second kappa shape index (κ2) is 11.1. The number of carbonyl (C=O) groups excluding carboxylic acids is 4. The van der Waals surface area contributed by atoms with Gasteiger partial charge in [0.2, 0.25) is 0 Å². The normalized spacial score (nSPS) is 23.9. The summed E-state index contributed by atoms with van der Waals surface area (Å²) in [6.07, 6.45) is -3.75. The largest absolute Gasteiger partial charge is 0.463 e. The van der Waals surface area contributed by atoms with Crippen LogP contribution < -0.4 is 0 Å². The molecule has 0 unspecified atom stereocenters. The van der Waals surface area contributed by atoms with Crippen LogP contribution in [0.5, 0.6) is 0 Å². The summed E-state index contributed by atoms with van der Waals surface area (Å²) in [4.78, 5) is 47.5. The predicted octanol–water partition coefficient (Wildman–Crippen LogP) is 1.65. The molecule has 0 bridgehead atoms. The molecule has 4 atom stereocenters. The smallest absolute Gasteiger partial charge is 0.308 e. The van der Waals surface area contributed by atoms with Crippen molar-refractivity contribution in [2.45, 2.75) is 72.9 Å². The fourth-order valence-electron chi connectivity index (χ4n) is 2.43. The van der Waals surface area contributed by atoms with Gasteiger partial charge in [0.15, 0.2) is 12.2 Å². The van der Waals surface area contributed by atoms with Crippen LogP contribution in [0, 0.1) is 17.8 Å². The minimum Gasteiger partial charge on any atom is -0.463 e. The average molecular weight is 416 g/mol. The first-order chi connectivity index (χ1) is 13.4. The highest BCUT2D eigenvalue weighted by molar-refractivity contribution is 5.73. The van der Waals surface area contributed by atoms with E-state index >= 15 is 0 Å². The molecule has 0 aromatic heterocycles. The lowest BCUT2D eigenvalue weighted by Gasteiger charge is -2.25. The van der Waals surface area contributed by atoms with E-state index in [-0.39, 0.29) is 19.1 Å². The van der Waals surface area contributed by atoms with Crippen molar-refractivity contribution in [1.29, 1.82) is 0 Å². The van der Waals surface area contributed by atoms with Gasteiger partial charge in [-0.25, -0.2) is 0 Å². The fourth-order valence-corrected chi connectivity index (χ4v) is 2.43. The van der Waals surface area contributed by atoms with Crippen LogP contribution in [0.4, 0.5) is 0 Å². The van der Waals surface area contributed by atoms with Gasteiger partial charge in [-0.15, -0.1) is 0 Å². The van der Waals surface area contributed by atoms with Crippen molar-refractivity contribution < 1.29 is 42.9 Å². The molecule has 166 valence electrons. The van der Waals surface area contributed by atoms with Crippen LogP contribution in [0.3, 0.4) is 0 Å². The molecule has 9 heteroatoms. The Balaban J connectivity index is 3.08. The van der Waals surface area contributed by atoms with Gasteiger partial charge in [0.25, 0.3) is 0 Å². The van der Waals surface area contributed by atoms with Crippen LogP contribution in [0.25, 0.3) is 0 Å². The highest BCUT2D eigenvalue weighted by atomic mass is 16.7. The van der Waals surface area contributed by atoms with Crippen LogP contribution in [0.1, 0.15) is 48.5 Å². The van der Waals surface area contributed by atoms with Crippen molar-refractivity contribution in [1.82, 2.24) is 0 Å². The van der Waals surface area contributed by atoms with Crippen molar-refractivity contribution in [3.63, 3.8) is 0 Å². The number of hydrogen-bond acceptors (Lipinski definition) is 9. The molecule has 0 radical (unpaired) electrons. The molecular formula is C20H32O9. The predicted molar refractivity (Wildman–Crippen MR) is 101 cm³/mol. The van der Waals surface area contributed by atoms with Gasteiger partial charge >= 0.3 is 23.9 Å². The second-order valence-corrected chi connectivity index (χ2v) is 7.91. The molecule has 0 N–H and O–H groups in total. The molecule has 0 saturated carbocycles. The molecule has 1 heterocycles. The third-order valence-electron chi connectivity index (χ3n) is 4.17. The highest BCUT2D eigenvalue weighted by Crippen LogP contribution is 2.29. The summed E-state index contributed by atoms with van der Waals surface area (Å²) in [7, 11) is 0. The Labute approximate surface area is 171 Å². The first-order valence-electron chi connectivity index (χ1n) is 9.80. The van der Waals surface area contributed by atoms with Crippen LogP contribution in [0.15, 0.2) is 0 Å². The van der Waals surface area contributed by atoms with Crippen molar-refractivity contribution >= 4 is 23.9 Å². The summed E-state index contributed by atoms with van der Waals surface area (Å²) >= 11 is 0. The summed E-state index contributed by atoms with van der Waals surface area (Å²) in [6, 6.07) is 0. The van der Waals surface area contributed by atoms with Crippen molar-refractivity contribution in [2.75, 3.05) is 13.2 Å². The van der Waals surface area contributed by atoms with Gasteiger partial charge in [-0.05, 0) is 0 Å². The maximum Gasteiger partial charge on any atom is 0.308 e. The molecule has 0 aromatic rings. The third-order valence-corrected chi connectivity index (χ3v) is 4.17. The molecule has 1 fully saturated rings. The number of rotatable bonds is 9. The van der Waals surface area contributed by atoms with Crippen molar-refractivity contribution in [3.8, 4) is 0 Å². The van der Waals surface area contributed by atoms with E-state index < -0.39 is 60.1 Å². The topological polar surface area (TPSA) is 114 Å². The van der Waals surface area contributed by atoms with Gasteiger partial charge in [-0.1, -0.05) is 41.5 Å².